The summed E-state index contributed by atoms with van der Waals surface area (Å²) in [6.45, 7) is 3.87. The largest absolute Gasteiger partial charge is 0.361 e. The Morgan fingerprint density at radius 2 is 2.07 bits per heavy atom. The van der Waals surface area contributed by atoms with E-state index in [1.54, 1.807) is 25.5 Å². The number of pyridine rings is 2. The van der Waals surface area contributed by atoms with Crippen molar-refractivity contribution in [1.82, 2.24) is 15.3 Å². The van der Waals surface area contributed by atoms with Crippen LogP contribution in [-0.2, 0) is 16.0 Å². The fourth-order valence-corrected chi connectivity index (χ4v) is 4.13. The van der Waals surface area contributed by atoms with Crippen LogP contribution in [0.2, 0.25) is 0 Å². The van der Waals surface area contributed by atoms with Crippen molar-refractivity contribution in [3.8, 4) is 11.1 Å². The van der Waals surface area contributed by atoms with E-state index in [0.717, 1.165) is 61.0 Å². The molecule has 158 valence electrons. The van der Waals surface area contributed by atoms with Crippen molar-refractivity contribution in [1.29, 1.82) is 0 Å². The number of hydrogen-bond acceptors (Lipinski definition) is 6. The van der Waals surface area contributed by atoms with Gasteiger partial charge in [-0.1, -0.05) is 0 Å². The van der Waals surface area contributed by atoms with Crippen molar-refractivity contribution in [2.24, 2.45) is 5.73 Å². The molecule has 2 amide bonds. The van der Waals surface area contributed by atoms with Gasteiger partial charge in [-0.2, -0.15) is 0 Å². The molecule has 2 unspecified atom stereocenters. The third kappa shape index (κ3) is 4.34. The first-order chi connectivity index (χ1) is 14.5. The average Bonchev–Trinajstić information content (AvgIpc) is 2.77. The molecule has 8 nitrogen and oxygen atoms in total. The molecule has 4 rings (SSSR count). The molecule has 3 N–H and O–H groups in total. The highest BCUT2D eigenvalue weighted by Gasteiger charge is 2.25. The lowest BCUT2D eigenvalue weighted by Crippen LogP contribution is -2.40. The molecule has 0 radical (unpaired) electrons. The van der Waals surface area contributed by atoms with Gasteiger partial charge in [0.2, 0.25) is 0 Å². The number of fused-ring (bicyclic) bond motifs is 1. The van der Waals surface area contributed by atoms with Crippen molar-refractivity contribution in [2.75, 3.05) is 24.5 Å². The predicted octanol–water partition coefficient (Wildman–Crippen LogP) is 2.37. The van der Waals surface area contributed by atoms with E-state index in [0.29, 0.717) is 12.4 Å². The van der Waals surface area contributed by atoms with Gasteiger partial charge in [0, 0.05) is 48.4 Å². The third-order valence-corrected chi connectivity index (χ3v) is 5.64. The number of urea groups is 1. The summed E-state index contributed by atoms with van der Waals surface area (Å²) in [5, 5.41) is 3.31. The molecule has 2 aromatic heterocycles. The van der Waals surface area contributed by atoms with Crippen molar-refractivity contribution in [2.45, 2.75) is 44.8 Å². The van der Waals surface area contributed by atoms with Crippen molar-refractivity contribution in [3.63, 3.8) is 0 Å². The number of primary amides is 1. The lowest BCUT2D eigenvalue weighted by molar-refractivity contribution is -0.133. The van der Waals surface area contributed by atoms with Gasteiger partial charge in [-0.3, -0.25) is 14.7 Å². The maximum absolute atomic E-state index is 12.3. The maximum Gasteiger partial charge on any atom is 0.320 e. The van der Waals surface area contributed by atoms with Crippen LogP contribution in [0.15, 0.2) is 30.7 Å². The van der Waals surface area contributed by atoms with E-state index < -0.39 is 12.1 Å². The Bertz CT molecular complexity index is 942. The van der Waals surface area contributed by atoms with E-state index in [4.69, 9.17) is 10.5 Å². The number of amides is 2. The normalized spacial score (nSPS) is 19.8. The zero-order chi connectivity index (χ0) is 21.1. The van der Waals surface area contributed by atoms with Crippen LogP contribution in [0.1, 0.15) is 43.4 Å². The van der Waals surface area contributed by atoms with Crippen LogP contribution in [0, 0.1) is 0 Å². The van der Waals surface area contributed by atoms with E-state index in [1.165, 1.54) is 4.90 Å². The Morgan fingerprint density at radius 1 is 1.23 bits per heavy atom. The minimum atomic E-state index is -0.640. The molecule has 2 aromatic rings. The second-order valence-corrected chi connectivity index (χ2v) is 7.90. The molecule has 0 spiro atoms. The predicted molar refractivity (Wildman–Crippen MR) is 113 cm³/mol. The zero-order valence-corrected chi connectivity index (χ0v) is 17.1. The summed E-state index contributed by atoms with van der Waals surface area (Å²) in [6.07, 6.45) is 8.18. The number of anilines is 1. The maximum atomic E-state index is 12.3. The van der Waals surface area contributed by atoms with Crippen LogP contribution < -0.4 is 16.0 Å². The molecule has 0 bridgehead atoms. The van der Waals surface area contributed by atoms with Gasteiger partial charge in [-0.25, -0.2) is 9.78 Å². The first-order valence-electron chi connectivity index (χ1n) is 10.4. The Labute approximate surface area is 175 Å². The molecule has 2 aliphatic heterocycles. The first kappa shape index (κ1) is 20.4. The van der Waals surface area contributed by atoms with Crippen LogP contribution in [0.4, 0.5) is 10.6 Å². The molecule has 0 aliphatic carbocycles. The lowest BCUT2D eigenvalue weighted by Gasteiger charge is -2.27. The van der Waals surface area contributed by atoms with Crippen LogP contribution in [0.3, 0.4) is 0 Å². The molecule has 1 saturated heterocycles. The van der Waals surface area contributed by atoms with E-state index in [-0.39, 0.29) is 11.9 Å². The first-order valence-corrected chi connectivity index (χ1v) is 10.4. The highest BCUT2D eigenvalue weighted by atomic mass is 16.5. The molecule has 4 heterocycles. The van der Waals surface area contributed by atoms with Crippen molar-refractivity contribution in [3.05, 3.63) is 41.9 Å². The Hall–Kier alpha value is -2.84. The Kier molecular flexibility index (Phi) is 6.06. The topological polar surface area (TPSA) is 110 Å². The molecule has 1 fully saturated rings. The molecular formula is C22H27N5O3. The minimum absolute atomic E-state index is 0.0153. The number of piperidine rings is 1. The van der Waals surface area contributed by atoms with Gasteiger partial charge in [0.15, 0.2) is 5.78 Å². The molecule has 8 heteroatoms. The fourth-order valence-electron chi connectivity index (χ4n) is 4.13. The lowest BCUT2D eigenvalue weighted by atomic mass is 9.99. The second-order valence-electron chi connectivity index (χ2n) is 7.90. The quantitative estimate of drug-likeness (QED) is 0.784. The number of Topliss-reactive ketones (excluding diaryl/α,β-unsaturated/α-hetero) is 1. The number of aryl methyl sites for hydroxylation is 1. The third-order valence-electron chi connectivity index (χ3n) is 5.64. The van der Waals surface area contributed by atoms with E-state index in [1.807, 2.05) is 12.1 Å². The number of carbonyl (C=O) groups excluding carboxylic acids is 2. The number of nitrogens with two attached hydrogens (primary N) is 1. The Balaban J connectivity index is 1.61. The molecule has 0 saturated carbocycles. The molecule has 30 heavy (non-hydrogen) atoms. The SMILES string of the molecule is CC(=O)C(OC1CCCNC1)c1cncc(-c2cnc3c(c2)CCCN3C(N)=O)c1. The molecule has 2 aliphatic rings. The van der Waals surface area contributed by atoms with Gasteiger partial charge < -0.3 is 15.8 Å². The number of carbonyl (C=O) groups is 2. The van der Waals surface area contributed by atoms with Gasteiger partial charge >= 0.3 is 6.03 Å². The van der Waals surface area contributed by atoms with Crippen LogP contribution in [-0.4, -0.2) is 47.5 Å². The smallest absolute Gasteiger partial charge is 0.320 e. The highest BCUT2D eigenvalue weighted by molar-refractivity contribution is 5.91. The summed E-state index contributed by atoms with van der Waals surface area (Å²) in [6, 6.07) is 3.47. The summed E-state index contributed by atoms with van der Waals surface area (Å²) in [4.78, 5) is 34.3. The van der Waals surface area contributed by atoms with Crippen LogP contribution in [0.5, 0.6) is 0 Å². The molecular weight excluding hydrogens is 382 g/mol. The van der Waals surface area contributed by atoms with Gasteiger partial charge in [0.1, 0.15) is 11.9 Å². The van der Waals surface area contributed by atoms with Gasteiger partial charge in [0.25, 0.3) is 0 Å². The fraction of sp³-hybridized carbons (Fsp3) is 0.455. The van der Waals surface area contributed by atoms with Crippen LogP contribution >= 0.6 is 0 Å². The summed E-state index contributed by atoms with van der Waals surface area (Å²) in [7, 11) is 0. The average molecular weight is 409 g/mol. The van der Waals surface area contributed by atoms with Gasteiger partial charge in [0.05, 0.1) is 6.10 Å². The Morgan fingerprint density at radius 3 is 2.80 bits per heavy atom. The number of aromatic nitrogens is 2. The highest BCUT2D eigenvalue weighted by Crippen LogP contribution is 2.31. The summed E-state index contributed by atoms with van der Waals surface area (Å²) < 4.78 is 6.14. The number of rotatable bonds is 5. The number of nitrogens with zero attached hydrogens (tertiary/aromatic N) is 3. The van der Waals surface area contributed by atoms with E-state index in [2.05, 4.69) is 15.3 Å². The standard InChI is InChI=1S/C22H27N5O3/c1-14(28)20(30-19-5-2-6-24-13-19)18-9-16(10-25-11-18)17-8-15-4-3-7-27(22(23)29)21(15)26-12-17/h8-12,19-20,24H,2-7,13H2,1H3,(H2,23,29). The summed E-state index contributed by atoms with van der Waals surface area (Å²) >= 11 is 0. The monoisotopic (exact) mass is 409 g/mol. The number of ether oxygens (including phenoxy) is 1. The van der Waals surface area contributed by atoms with Crippen LogP contribution in [0.25, 0.3) is 11.1 Å². The number of ketones is 1. The summed E-state index contributed by atoms with van der Waals surface area (Å²) in [5.41, 5.74) is 8.94. The van der Waals surface area contributed by atoms with Gasteiger partial charge in [-0.05, 0) is 56.8 Å². The van der Waals surface area contributed by atoms with E-state index in [9.17, 15) is 9.59 Å². The van der Waals surface area contributed by atoms with Crippen molar-refractivity contribution >= 4 is 17.6 Å². The van der Waals surface area contributed by atoms with Crippen molar-refractivity contribution < 1.29 is 14.3 Å². The van der Waals surface area contributed by atoms with Gasteiger partial charge in [-0.15, -0.1) is 0 Å². The summed E-state index contributed by atoms with van der Waals surface area (Å²) in [5.74, 6) is 0.580. The number of hydrogen-bond donors (Lipinski definition) is 2. The second kappa shape index (κ2) is 8.89. The zero-order valence-electron chi connectivity index (χ0n) is 17.1. The molecule has 0 aromatic carbocycles. The molecule has 2 atom stereocenters. The minimum Gasteiger partial charge on any atom is -0.361 e. The van der Waals surface area contributed by atoms with E-state index >= 15 is 0 Å². The number of nitrogens with one attached hydrogen (secondary N) is 1.